The van der Waals surface area contributed by atoms with Crippen LogP contribution in [0, 0.1) is 0 Å². The van der Waals surface area contributed by atoms with Gasteiger partial charge in [0.25, 0.3) is 0 Å². The summed E-state index contributed by atoms with van der Waals surface area (Å²) in [4.78, 5) is 16.9. The van der Waals surface area contributed by atoms with Gasteiger partial charge in [-0.15, -0.1) is 0 Å². The van der Waals surface area contributed by atoms with Crippen molar-refractivity contribution in [3.63, 3.8) is 0 Å². The quantitative estimate of drug-likeness (QED) is 0.577. The number of nitrogens with zero attached hydrogens (tertiary/aromatic N) is 1. The van der Waals surface area contributed by atoms with E-state index in [0.29, 0.717) is 47.5 Å². The first-order valence-corrected chi connectivity index (χ1v) is 11.8. The fraction of sp³-hybridized carbons (Fsp3) is 0.300. The van der Waals surface area contributed by atoms with Crippen molar-refractivity contribution in [2.75, 3.05) is 25.6 Å². The SMILES string of the molecule is COc1ccc2nc(NC(=O)C(C)NS(=O)(=O)c3ccc4c(c3)OCCCO4)sc2c1. The van der Waals surface area contributed by atoms with Crippen LogP contribution in [0.3, 0.4) is 0 Å². The number of hydrogen-bond acceptors (Lipinski definition) is 8. The highest BCUT2D eigenvalue weighted by Crippen LogP contribution is 2.32. The van der Waals surface area contributed by atoms with Gasteiger partial charge in [-0.05, 0) is 37.3 Å². The van der Waals surface area contributed by atoms with Gasteiger partial charge in [-0.1, -0.05) is 11.3 Å². The minimum atomic E-state index is -3.96. The van der Waals surface area contributed by atoms with Crippen LogP contribution in [0.1, 0.15) is 13.3 Å². The number of benzene rings is 2. The smallest absolute Gasteiger partial charge is 0.244 e. The van der Waals surface area contributed by atoms with Crippen molar-refractivity contribution in [2.24, 2.45) is 0 Å². The van der Waals surface area contributed by atoms with E-state index in [1.807, 2.05) is 6.07 Å². The number of fused-ring (bicyclic) bond motifs is 2. The lowest BCUT2D eigenvalue weighted by Crippen LogP contribution is -2.41. The molecule has 1 aliphatic rings. The number of aromatic nitrogens is 1. The van der Waals surface area contributed by atoms with Gasteiger partial charge in [-0.2, -0.15) is 4.72 Å². The summed E-state index contributed by atoms with van der Waals surface area (Å²) in [6.45, 7) is 2.41. The molecule has 31 heavy (non-hydrogen) atoms. The number of amides is 1. The van der Waals surface area contributed by atoms with Crippen molar-refractivity contribution in [3.05, 3.63) is 36.4 Å². The van der Waals surface area contributed by atoms with Crippen molar-refractivity contribution in [1.82, 2.24) is 9.71 Å². The van der Waals surface area contributed by atoms with Crippen LogP contribution in [0.5, 0.6) is 17.2 Å². The summed E-state index contributed by atoms with van der Waals surface area (Å²) < 4.78 is 45.0. The molecule has 1 aromatic heterocycles. The van der Waals surface area contributed by atoms with Crippen LogP contribution in [0.25, 0.3) is 10.2 Å². The van der Waals surface area contributed by atoms with Gasteiger partial charge < -0.3 is 19.5 Å². The fourth-order valence-corrected chi connectivity index (χ4v) is 5.08. The maximum Gasteiger partial charge on any atom is 0.244 e. The maximum atomic E-state index is 12.8. The molecular weight excluding hydrogens is 442 g/mol. The number of rotatable bonds is 6. The van der Waals surface area contributed by atoms with Crippen LogP contribution in [0.15, 0.2) is 41.3 Å². The maximum absolute atomic E-state index is 12.8. The van der Waals surface area contributed by atoms with E-state index in [0.717, 1.165) is 4.70 Å². The zero-order valence-electron chi connectivity index (χ0n) is 16.9. The molecule has 2 N–H and O–H groups in total. The van der Waals surface area contributed by atoms with E-state index in [9.17, 15) is 13.2 Å². The predicted octanol–water partition coefficient (Wildman–Crippen LogP) is 2.77. The van der Waals surface area contributed by atoms with Crippen LogP contribution in [-0.4, -0.2) is 45.7 Å². The third kappa shape index (κ3) is 4.73. The number of methoxy groups -OCH3 is 1. The lowest BCUT2D eigenvalue weighted by atomic mass is 10.3. The minimum Gasteiger partial charge on any atom is -0.497 e. The van der Waals surface area contributed by atoms with Gasteiger partial charge in [-0.3, -0.25) is 4.79 Å². The predicted molar refractivity (Wildman–Crippen MR) is 117 cm³/mol. The second kappa shape index (κ2) is 8.69. The van der Waals surface area contributed by atoms with Crippen molar-refractivity contribution >= 4 is 42.6 Å². The summed E-state index contributed by atoms with van der Waals surface area (Å²) in [5, 5.41) is 3.03. The van der Waals surface area contributed by atoms with E-state index in [1.165, 1.54) is 30.4 Å². The summed E-state index contributed by atoms with van der Waals surface area (Å²) in [5.41, 5.74) is 0.710. The first-order chi connectivity index (χ1) is 14.9. The standard InChI is InChI=1S/C20H21N3O6S2/c1-12(19(24)22-20-21-15-6-4-13(27-2)10-18(15)30-20)23-31(25,26)14-5-7-16-17(11-14)29-9-3-8-28-16/h4-7,10-12,23H,3,8-9H2,1-2H3,(H,21,22,24). The molecule has 1 unspecified atom stereocenters. The lowest BCUT2D eigenvalue weighted by molar-refractivity contribution is -0.117. The molecule has 1 aliphatic heterocycles. The number of nitrogens with one attached hydrogen (secondary N) is 2. The number of carbonyl (C=O) groups excluding carboxylic acids is 1. The van der Waals surface area contributed by atoms with Gasteiger partial charge in [0, 0.05) is 12.5 Å². The number of carbonyl (C=O) groups is 1. The molecule has 164 valence electrons. The van der Waals surface area contributed by atoms with Crippen molar-refractivity contribution in [2.45, 2.75) is 24.3 Å². The number of sulfonamides is 1. The summed E-state index contributed by atoms with van der Waals surface area (Å²) in [6.07, 6.45) is 0.713. The van der Waals surface area contributed by atoms with E-state index >= 15 is 0 Å². The highest BCUT2D eigenvalue weighted by Gasteiger charge is 2.24. The van der Waals surface area contributed by atoms with E-state index in [4.69, 9.17) is 14.2 Å². The molecule has 0 saturated carbocycles. The lowest BCUT2D eigenvalue weighted by Gasteiger charge is -2.14. The molecule has 3 aromatic rings. The molecule has 0 spiro atoms. The molecule has 0 radical (unpaired) electrons. The molecule has 0 aliphatic carbocycles. The third-order valence-electron chi connectivity index (χ3n) is 4.58. The van der Waals surface area contributed by atoms with Gasteiger partial charge in [0.05, 0.1) is 41.5 Å². The Labute approximate surface area is 183 Å². The number of anilines is 1. The Morgan fingerprint density at radius 1 is 1.16 bits per heavy atom. The van der Waals surface area contributed by atoms with Crippen LogP contribution in [-0.2, 0) is 14.8 Å². The summed E-state index contributed by atoms with van der Waals surface area (Å²) in [6, 6.07) is 8.73. The Morgan fingerprint density at radius 2 is 1.94 bits per heavy atom. The first-order valence-electron chi connectivity index (χ1n) is 9.53. The molecule has 0 fully saturated rings. The van der Waals surface area contributed by atoms with E-state index < -0.39 is 22.0 Å². The van der Waals surface area contributed by atoms with Crippen molar-refractivity contribution < 1.29 is 27.4 Å². The summed E-state index contributed by atoms with van der Waals surface area (Å²) in [5.74, 6) is 1.02. The van der Waals surface area contributed by atoms with Crippen molar-refractivity contribution in [1.29, 1.82) is 0 Å². The molecule has 4 rings (SSSR count). The first kappa shape index (κ1) is 21.3. The van der Waals surface area contributed by atoms with Gasteiger partial charge in [0.15, 0.2) is 16.6 Å². The van der Waals surface area contributed by atoms with Crippen molar-refractivity contribution in [3.8, 4) is 17.2 Å². The molecule has 11 heteroatoms. The molecule has 0 saturated heterocycles. The third-order valence-corrected chi connectivity index (χ3v) is 7.05. The second-order valence-electron chi connectivity index (χ2n) is 6.84. The molecule has 2 aromatic carbocycles. The molecule has 0 bridgehead atoms. The normalized spacial score (nSPS) is 14.6. The zero-order chi connectivity index (χ0) is 22.0. The molecule has 9 nitrogen and oxygen atoms in total. The second-order valence-corrected chi connectivity index (χ2v) is 9.59. The molecular formula is C20H21N3O6S2. The monoisotopic (exact) mass is 463 g/mol. The van der Waals surface area contributed by atoms with Crippen LogP contribution in [0.2, 0.25) is 0 Å². The fourth-order valence-electron chi connectivity index (χ4n) is 2.96. The number of hydrogen-bond donors (Lipinski definition) is 2. The van der Waals surface area contributed by atoms with E-state index in [1.54, 1.807) is 25.3 Å². The Bertz CT molecular complexity index is 1220. The highest BCUT2D eigenvalue weighted by molar-refractivity contribution is 7.89. The largest absolute Gasteiger partial charge is 0.497 e. The van der Waals surface area contributed by atoms with E-state index in [2.05, 4.69) is 15.0 Å². The van der Waals surface area contributed by atoms with Gasteiger partial charge in [-0.25, -0.2) is 13.4 Å². The molecule has 1 atom stereocenters. The average Bonchev–Trinajstić information content (AvgIpc) is 2.99. The van der Waals surface area contributed by atoms with Gasteiger partial charge >= 0.3 is 0 Å². The summed E-state index contributed by atoms with van der Waals surface area (Å²) >= 11 is 1.27. The van der Waals surface area contributed by atoms with Crippen LogP contribution < -0.4 is 24.2 Å². The Hall–Kier alpha value is -2.89. The Morgan fingerprint density at radius 3 is 2.71 bits per heavy atom. The minimum absolute atomic E-state index is 0.0107. The average molecular weight is 464 g/mol. The van der Waals surface area contributed by atoms with Gasteiger partial charge in [0.2, 0.25) is 15.9 Å². The summed E-state index contributed by atoms with van der Waals surface area (Å²) in [7, 11) is -2.38. The van der Waals surface area contributed by atoms with E-state index in [-0.39, 0.29) is 4.90 Å². The molecule has 1 amide bonds. The Balaban J connectivity index is 1.46. The van der Waals surface area contributed by atoms with Crippen LogP contribution in [0.4, 0.5) is 5.13 Å². The number of ether oxygens (including phenoxy) is 3. The topological polar surface area (TPSA) is 116 Å². The van der Waals surface area contributed by atoms with Gasteiger partial charge in [0.1, 0.15) is 5.75 Å². The highest BCUT2D eigenvalue weighted by atomic mass is 32.2. The van der Waals surface area contributed by atoms with Crippen LogP contribution >= 0.6 is 11.3 Å². The number of thiazole rings is 1. The Kier molecular flexibility index (Phi) is 5.99. The molecule has 2 heterocycles. The zero-order valence-corrected chi connectivity index (χ0v) is 18.5.